The molecule has 0 bridgehead atoms. The van der Waals surface area contributed by atoms with Gasteiger partial charge in [-0.25, -0.2) is 4.79 Å². The molecule has 0 atom stereocenters. The van der Waals surface area contributed by atoms with E-state index in [1.165, 1.54) is 18.9 Å². The Morgan fingerprint density at radius 2 is 1.86 bits per heavy atom. The smallest absolute Gasteiger partial charge is 0.339 e. The van der Waals surface area contributed by atoms with Crippen molar-refractivity contribution in [1.29, 1.82) is 0 Å². The number of hydrogen-bond acceptors (Lipinski definition) is 6. The van der Waals surface area contributed by atoms with Gasteiger partial charge in [-0.2, -0.15) is 0 Å². The molecule has 1 N–H and O–H groups in total. The van der Waals surface area contributed by atoms with Gasteiger partial charge in [0.1, 0.15) is 0 Å². The molecular weight excluding hydrogens is 412 g/mol. The van der Waals surface area contributed by atoms with Crippen LogP contribution in [0.25, 0.3) is 11.4 Å². The van der Waals surface area contributed by atoms with E-state index in [0.717, 1.165) is 5.56 Å². The van der Waals surface area contributed by atoms with E-state index in [1.54, 1.807) is 30.3 Å². The molecule has 9 heteroatoms. The number of nitrogens with one attached hydrogen (secondary N) is 1. The molecule has 0 saturated carbocycles. The van der Waals surface area contributed by atoms with E-state index < -0.39 is 5.97 Å². The Bertz CT molecular complexity index is 1040. The van der Waals surface area contributed by atoms with Gasteiger partial charge in [-0.1, -0.05) is 47.6 Å². The lowest BCUT2D eigenvalue weighted by Crippen LogP contribution is -2.17. The van der Waals surface area contributed by atoms with E-state index >= 15 is 0 Å². The van der Waals surface area contributed by atoms with Crippen molar-refractivity contribution in [3.8, 4) is 11.4 Å². The molecule has 3 aromatic rings. The molecule has 1 heterocycles. The number of carbonyl (C=O) groups is 2. The van der Waals surface area contributed by atoms with E-state index in [2.05, 4.69) is 15.5 Å². The number of halogens is 1. The molecular formula is C20H19ClN4O3S. The summed E-state index contributed by atoms with van der Waals surface area (Å²) in [7, 11) is 1.30. The topological polar surface area (TPSA) is 86.1 Å². The summed E-state index contributed by atoms with van der Waals surface area (Å²) in [5.74, 6) is -0.0205. The number of amides is 1. The van der Waals surface area contributed by atoms with Crippen LogP contribution in [-0.4, -0.2) is 39.5 Å². The van der Waals surface area contributed by atoms with Crippen LogP contribution < -0.4 is 5.32 Å². The Hall–Kier alpha value is -2.84. The fraction of sp³-hybridized carbons (Fsp3) is 0.200. The second-order valence-electron chi connectivity index (χ2n) is 5.90. The lowest BCUT2D eigenvalue weighted by Gasteiger charge is -2.10. The summed E-state index contributed by atoms with van der Waals surface area (Å²) in [6.07, 6.45) is 0. The summed E-state index contributed by atoms with van der Waals surface area (Å²) in [4.78, 5) is 24.2. The van der Waals surface area contributed by atoms with Gasteiger partial charge in [0.25, 0.3) is 0 Å². The van der Waals surface area contributed by atoms with Crippen molar-refractivity contribution in [3.05, 3.63) is 59.1 Å². The highest BCUT2D eigenvalue weighted by Gasteiger charge is 2.17. The number of aromatic nitrogens is 3. The Morgan fingerprint density at radius 3 is 2.59 bits per heavy atom. The van der Waals surface area contributed by atoms with Crippen molar-refractivity contribution in [2.24, 2.45) is 0 Å². The number of esters is 1. The largest absolute Gasteiger partial charge is 0.465 e. The molecule has 7 nitrogen and oxygen atoms in total. The van der Waals surface area contributed by atoms with Gasteiger partial charge < -0.3 is 14.6 Å². The fourth-order valence-corrected chi connectivity index (χ4v) is 3.74. The van der Waals surface area contributed by atoms with Crippen molar-refractivity contribution >= 4 is 40.9 Å². The summed E-state index contributed by atoms with van der Waals surface area (Å²) in [6, 6.07) is 14.1. The highest BCUT2D eigenvalue weighted by Crippen LogP contribution is 2.29. The van der Waals surface area contributed by atoms with Gasteiger partial charge in [-0.05, 0) is 31.2 Å². The van der Waals surface area contributed by atoms with Crippen LogP contribution in [0, 0.1) is 0 Å². The first-order valence-corrected chi connectivity index (χ1v) is 10.2. The molecule has 3 rings (SSSR count). The molecule has 1 amide bonds. The predicted molar refractivity (Wildman–Crippen MR) is 113 cm³/mol. The summed E-state index contributed by atoms with van der Waals surface area (Å²) < 4.78 is 6.65. The summed E-state index contributed by atoms with van der Waals surface area (Å²) in [5.41, 5.74) is 1.48. The summed E-state index contributed by atoms with van der Waals surface area (Å²) in [6.45, 7) is 2.60. The molecule has 0 saturated heterocycles. The third kappa shape index (κ3) is 4.78. The van der Waals surface area contributed by atoms with Gasteiger partial charge in [0.2, 0.25) is 5.91 Å². The van der Waals surface area contributed by atoms with Crippen LogP contribution in [0.4, 0.5) is 5.69 Å². The van der Waals surface area contributed by atoms with Crippen molar-refractivity contribution in [3.63, 3.8) is 0 Å². The predicted octanol–water partition coefficient (Wildman–Crippen LogP) is 4.14. The molecule has 0 radical (unpaired) electrons. The minimum absolute atomic E-state index is 0.107. The van der Waals surface area contributed by atoms with Gasteiger partial charge in [0.15, 0.2) is 11.0 Å². The second kappa shape index (κ2) is 9.58. The minimum atomic E-state index is -0.510. The Kier molecular flexibility index (Phi) is 6.90. The van der Waals surface area contributed by atoms with Crippen LogP contribution in [0.15, 0.2) is 53.7 Å². The molecule has 0 fully saturated rings. The Morgan fingerprint density at radius 1 is 1.14 bits per heavy atom. The first-order chi connectivity index (χ1) is 14.0. The normalized spacial score (nSPS) is 10.6. The highest BCUT2D eigenvalue weighted by atomic mass is 35.5. The number of methoxy groups -OCH3 is 1. The molecule has 2 aromatic carbocycles. The number of thioether (sulfide) groups is 1. The maximum atomic E-state index is 12.4. The first-order valence-electron chi connectivity index (χ1n) is 8.83. The number of rotatable bonds is 7. The van der Waals surface area contributed by atoms with Crippen molar-refractivity contribution < 1.29 is 14.3 Å². The summed E-state index contributed by atoms with van der Waals surface area (Å²) >= 11 is 7.54. The van der Waals surface area contributed by atoms with E-state index in [4.69, 9.17) is 16.3 Å². The average Bonchev–Trinajstić information content (AvgIpc) is 3.15. The molecule has 1 aromatic heterocycles. The molecule has 29 heavy (non-hydrogen) atoms. The number of para-hydroxylation sites is 1. The van der Waals surface area contributed by atoms with Gasteiger partial charge in [0.05, 0.1) is 29.1 Å². The van der Waals surface area contributed by atoms with Crippen LogP contribution >= 0.6 is 23.4 Å². The molecule has 150 valence electrons. The molecule has 0 aliphatic rings. The van der Waals surface area contributed by atoms with Crippen LogP contribution in [0.3, 0.4) is 0 Å². The van der Waals surface area contributed by atoms with E-state index in [9.17, 15) is 9.59 Å². The average molecular weight is 431 g/mol. The number of carbonyl (C=O) groups excluding carboxylic acids is 2. The standard InChI is InChI=1S/C20H19ClN4O3S/c1-3-25-18(13-8-4-6-10-15(13)21)23-24-20(25)29-12-17(26)22-16-11-7-5-9-14(16)19(27)28-2/h4-11H,3,12H2,1-2H3,(H,22,26). The van der Waals surface area contributed by atoms with E-state index in [1.807, 2.05) is 29.7 Å². The first kappa shape index (κ1) is 20.9. The summed E-state index contributed by atoms with van der Waals surface area (Å²) in [5, 5.41) is 12.4. The quantitative estimate of drug-likeness (QED) is 0.448. The molecule has 0 spiro atoms. The Labute approximate surface area is 177 Å². The maximum absolute atomic E-state index is 12.4. The van der Waals surface area contributed by atoms with Gasteiger partial charge in [-0.15, -0.1) is 10.2 Å². The van der Waals surface area contributed by atoms with Crippen LogP contribution in [-0.2, 0) is 16.1 Å². The highest BCUT2D eigenvalue weighted by molar-refractivity contribution is 7.99. The zero-order valence-corrected chi connectivity index (χ0v) is 17.5. The van der Waals surface area contributed by atoms with Crippen LogP contribution in [0.1, 0.15) is 17.3 Å². The minimum Gasteiger partial charge on any atom is -0.465 e. The van der Waals surface area contributed by atoms with Crippen LogP contribution in [0.5, 0.6) is 0 Å². The zero-order valence-electron chi connectivity index (χ0n) is 15.9. The SMILES string of the molecule is CCn1c(SCC(=O)Nc2ccccc2C(=O)OC)nnc1-c1ccccc1Cl. The van der Waals surface area contributed by atoms with Crippen LogP contribution in [0.2, 0.25) is 5.02 Å². The Balaban J connectivity index is 1.72. The molecule has 0 aliphatic carbocycles. The zero-order chi connectivity index (χ0) is 20.8. The fourth-order valence-electron chi connectivity index (χ4n) is 2.72. The number of nitrogens with zero attached hydrogens (tertiary/aromatic N) is 3. The van der Waals surface area contributed by atoms with Gasteiger partial charge in [0, 0.05) is 12.1 Å². The van der Waals surface area contributed by atoms with Gasteiger partial charge in [-0.3, -0.25) is 4.79 Å². The molecule has 0 unspecified atom stereocenters. The van der Waals surface area contributed by atoms with Gasteiger partial charge >= 0.3 is 5.97 Å². The molecule has 0 aliphatic heterocycles. The lowest BCUT2D eigenvalue weighted by atomic mass is 10.2. The number of hydrogen-bond donors (Lipinski definition) is 1. The number of benzene rings is 2. The maximum Gasteiger partial charge on any atom is 0.339 e. The third-order valence-corrected chi connectivity index (χ3v) is 5.38. The second-order valence-corrected chi connectivity index (χ2v) is 7.25. The van der Waals surface area contributed by atoms with Crippen molar-refractivity contribution in [2.75, 3.05) is 18.2 Å². The van der Waals surface area contributed by atoms with Crippen molar-refractivity contribution in [1.82, 2.24) is 14.8 Å². The third-order valence-electron chi connectivity index (χ3n) is 4.09. The number of ether oxygens (including phenoxy) is 1. The van der Waals surface area contributed by atoms with E-state index in [0.29, 0.717) is 33.8 Å². The lowest BCUT2D eigenvalue weighted by molar-refractivity contribution is -0.113. The van der Waals surface area contributed by atoms with Crippen molar-refractivity contribution in [2.45, 2.75) is 18.6 Å². The van der Waals surface area contributed by atoms with E-state index in [-0.39, 0.29) is 11.7 Å². The number of anilines is 1. The monoisotopic (exact) mass is 430 g/mol.